The molecular formula is C13H12BrF3N2O. The van der Waals surface area contributed by atoms with Crippen LogP contribution in [0.1, 0.15) is 23.1 Å². The van der Waals surface area contributed by atoms with Crippen LogP contribution in [0.4, 0.5) is 13.2 Å². The number of alkyl halides is 3. The second kappa shape index (κ2) is 5.57. The molecule has 0 spiro atoms. The van der Waals surface area contributed by atoms with Crippen LogP contribution in [0, 0.1) is 0 Å². The molecule has 0 bridgehead atoms. The van der Waals surface area contributed by atoms with E-state index in [1.165, 1.54) is 6.07 Å². The highest BCUT2D eigenvalue weighted by Crippen LogP contribution is 2.34. The van der Waals surface area contributed by atoms with Gasteiger partial charge in [-0.05, 0) is 23.8 Å². The van der Waals surface area contributed by atoms with Gasteiger partial charge in [-0.25, -0.2) is 4.98 Å². The largest absolute Gasteiger partial charge is 0.416 e. The van der Waals surface area contributed by atoms with Crippen molar-refractivity contribution >= 4 is 15.9 Å². The molecule has 20 heavy (non-hydrogen) atoms. The van der Waals surface area contributed by atoms with E-state index in [4.69, 9.17) is 0 Å². The van der Waals surface area contributed by atoms with Gasteiger partial charge < -0.3 is 9.67 Å². The standard InChI is InChI=1S/C13H12BrF3N2O/c1-19-5-4-18-12(19)7-11(20)9-6-8(13(15,16)17)2-3-10(9)14/h2-6,11,20H,7H2,1H3. The van der Waals surface area contributed by atoms with Gasteiger partial charge in [-0.1, -0.05) is 15.9 Å². The number of hydrogen-bond acceptors (Lipinski definition) is 2. The number of hydrogen-bond donors (Lipinski definition) is 1. The van der Waals surface area contributed by atoms with Crippen LogP contribution in [0.25, 0.3) is 0 Å². The minimum absolute atomic E-state index is 0.142. The Morgan fingerprint density at radius 1 is 1.40 bits per heavy atom. The molecule has 2 aromatic rings. The molecule has 1 N–H and O–H groups in total. The molecule has 0 aliphatic heterocycles. The molecule has 1 heterocycles. The second-order valence-electron chi connectivity index (χ2n) is 4.41. The lowest BCUT2D eigenvalue weighted by Gasteiger charge is -2.15. The lowest BCUT2D eigenvalue weighted by Crippen LogP contribution is -2.10. The van der Waals surface area contributed by atoms with E-state index in [9.17, 15) is 18.3 Å². The Bertz CT molecular complexity index is 610. The van der Waals surface area contributed by atoms with E-state index in [-0.39, 0.29) is 12.0 Å². The third-order valence-corrected chi connectivity index (χ3v) is 3.70. The summed E-state index contributed by atoms with van der Waals surface area (Å²) < 4.78 is 40.2. The fourth-order valence-electron chi connectivity index (χ4n) is 1.85. The van der Waals surface area contributed by atoms with Gasteiger partial charge in [0.1, 0.15) is 5.82 Å². The molecule has 108 valence electrons. The summed E-state index contributed by atoms with van der Waals surface area (Å²) >= 11 is 3.17. The van der Waals surface area contributed by atoms with Gasteiger partial charge in [-0.3, -0.25) is 0 Å². The van der Waals surface area contributed by atoms with E-state index >= 15 is 0 Å². The molecule has 0 aliphatic carbocycles. The summed E-state index contributed by atoms with van der Waals surface area (Å²) in [7, 11) is 1.76. The summed E-state index contributed by atoms with van der Waals surface area (Å²) in [5.74, 6) is 0.599. The average Bonchev–Trinajstić information content (AvgIpc) is 2.74. The molecule has 1 aromatic heterocycles. The number of benzene rings is 1. The number of rotatable bonds is 3. The van der Waals surface area contributed by atoms with Crippen molar-refractivity contribution in [3.63, 3.8) is 0 Å². The first-order valence-corrected chi connectivity index (χ1v) is 6.59. The fraction of sp³-hybridized carbons (Fsp3) is 0.308. The molecule has 0 amide bonds. The van der Waals surface area contributed by atoms with Gasteiger partial charge in [-0.15, -0.1) is 0 Å². The van der Waals surface area contributed by atoms with Gasteiger partial charge in [0.25, 0.3) is 0 Å². The van der Waals surface area contributed by atoms with E-state index in [0.29, 0.717) is 10.3 Å². The Balaban J connectivity index is 2.29. The van der Waals surface area contributed by atoms with Gasteiger partial charge in [0.2, 0.25) is 0 Å². The maximum absolute atomic E-state index is 12.7. The summed E-state index contributed by atoms with van der Waals surface area (Å²) in [5.41, 5.74) is -0.586. The zero-order chi connectivity index (χ0) is 14.9. The number of aliphatic hydroxyl groups excluding tert-OH is 1. The van der Waals surface area contributed by atoms with Crippen molar-refractivity contribution in [3.05, 3.63) is 52.0 Å². The van der Waals surface area contributed by atoms with Crippen LogP contribution in [-0.4, -0.2) is 14.7 Å². The Hall–Kier alpha value is -1.34. The van der Waals surface area contributed by atoms with Crippen LogP contribution in [0.15, 0.2) is 35.1 Å². The van der Waals surface area contributed by atoms with Crippen LogP contribution < -0.4 is 0 Å². The fourth-order valence-corrected chi connectivity index (χ4v) is 2.36. The van der Waals surface area contributed by atoms with Crippen molar-refractivity contribution in [1.29, 1.82) is 0 Å². The summed E-state index contributed by atoms with van der Waals surface area (Å²) in [4.78, 5) is 4.05. The van der Waals surface area contributed by atoms with E-state index in [1.54, 1.807) is 24.0 Å². The molecule has 1 aromatic carbocycles. The Labute approximate surface area is 122 Å². The van der Waals surface area contributed by atoms with E-state index in [2.05, 4.69) is 20.9 Å². The predicted molar refractivity (Wildman–Crippen MR) is 71.0 cm³/mol. The summed E-state index contributed by atoms with van der Waals surface area (Å²) in [6.45, 7) is 0. The first-order valence-electron chi connectivity index (χ1n) is 5.80. The normalized spacial score (nSPS) is 13.5. The molecule has 0 fully saturated rings. The van der Waals surface area contributed by atoms with Crippen molar-refractivity contribution in [2.24, 2.45) is 7.05 Å². The molecule has 1 atom stereocenters. The lowest BCUT2D eigenvalue weighted by atomic mass is 10.0. The molecule has 0 saturated carbocycles. The summed E-state index contributed by atoms with van der Waals surface area (Å²) in [6.07, 6.45) is -2.07. The SMILES string of the molecule is Cn1ccnc1CC(O)c1cc(C(F)(F)F)ccc1Br. The molecule has 0 saturated heterocycles. The van der Waals surface area contributed by atoms with E-state index < -0.39 is 17.8 Å². The number of aliphatic hydroxyl groups is 1. The van der Waals surface area contributed by atoms with Gasteiger partial charge >= 0.3 is 6.18 Å². The zero-order valence-electron chi connectivity index (χ0n) is 10.5. The number of nitrogens with zero attached hydrogens (tertiary/aromatic N) is 2. The van der Waals surface area contributed by atoms with Gasteiger partial charge in [0, 0.05) is 30.3 Å². The highest BCUT2D eigenvalue weighted by atomic mass is 79.9. The van der Waals surface area contributed by atoms with Crippen LogP contribution in [0.2, 0.25) is 0 Å². The second-order valence-corrected chi connectivity index (χ2v) is 5.26. The average molecular weight is 349 g/mol. The first-order chi connectivity index (χ1) is 9.29. The van der Waals surface area contributed by atoms with E-state index in [0.717, 1.165) is 12.1 Å². The third-order valence-electron chi connectivity index (χ3n) is 2.98. The zero-order valence-corrected chi connectivity index (χ0v) is 12.1. The predicted octanol–water partition coefficient (Wildman–Crippen LogP) is 3.48. The molecular weight excluding hydrogens is 337 g/mol. The lowest BCUT2D eigenvalue weighted by molar-refractivity contribution is -0.137. The topological polar surface area (TPSA) is 38.0 Å². The smallest absolute Gasteiger partial charge is 0.388 e. The number of imidazole rings is 1. The first kappa shape index (κ1) is 15.1. The highest BCUT2D eigenvalue weighted by molar-refractivity contribution is 9.10. The highest BCUT2D eigenvalue weighted by Gasteiger charge is 2.31. The number of aromatic nitrogens is 2. The Morgan fingerprint density at radius 3 is 2.65 bits per heavy atom. The molecule has 7 heteroatoms. The molecule has 2 rings (SSSR count). The summed E-state index contributed by atoms with van der Waals surface area (Å²) in [6, 6.07) is 3.22. The number of aryl methyl sites for hydroxylation is 1. The van der Waals surface area contributed by atoms with Crippen LogP contribution in [-0.2, 0) is 19.6 Å². The third kappa shape index (κ3) is 3.21. The molecule has 3 nitrogen and oxygen atoms in total. The van der Waals surface area contributed by atoms with Gasteiger partial charge in [0.05, 0.1) is 11.7 Å². The minimum Gasteiger partial charge on any atom is -0.388 e. The Morgan fingerprint density at radius 2 is 2.10 bits per heavy atom. The Kier molecular flexibility index (Phi) is 4.19. The van der Waals surface area contributed by atoms with Gasteiger partial charge in [-0.2, -0.15) is 13.2 Å². The monoisotopic (exact) mass is 348 g/mol. The maximum atomic E-state index is 12.7. The maximum Gasteiger partial charge on any atom is 0.416 e. The van der Waals surface area contributed by atoms with E-state index in [1.807, 2.05) is 0 Å². The van der Waals surface area contributed by atoms with Crippen molar-refractivity contribution < 1.29 is 18.3 Å². The molecule has 1 unspecified atom stereocenters. The summed E-state index contributed by atoms with van der Waals surface area (Å²) in [5, 5.41) is 10.1. The minimum atomic E-state index is -4.43. The quantitative estimate of drug-likeness (QED) is 0.922. The number of halogens is 4. The molecule has 0 aliphatic rings. The van der Waals surface area contributed by atoms with Crippen molar-refractivity contribution in [3.8, 4) is 0 Å². The van der Waals surface area contributed by atoms with Crippen LogP contribution in [0.3, 0.4) is 0 Å². The van der Waals surface area contributed by atoms with Gasteiger partial charge in [0.15, 0.2) is 0 Å². The van der Waals surface area contributed by atoms with Crippen molar-refractivity contribution in [1.82, 2.24) is 9.55 Å². The van der Waals surface area contributed by atoms with Crippen LogP contribution in [0.5, 0.6) is 0 Å². The van der Waals surface area contributed by atoms with Crippen molar-refractivity contribution in [2.75, 3.05) is 0 Å². The van der Waals surface area contributed by atoms with Crippen molar-refractivity contribution in [2.45, 2.75) is 18.7 Å². The van der Waals surface area contributed by atoms with Crippen LogP contribution >= 0.6 is 15.9 Å². The molecule has 0 radical (unpaired) electrons.